The standard InChI is InChI=1S/C23H31N3O/c24-13-17-25(16-12-20-8-3-1-4-9-20)19-21-10-7-11-22(18-21)23(27)26-14-5-2-6-15-26/h1,3-4,7-11,18H,2,5-6,12-17,19,24H2. The molecule has 1 fully saturated rings. The first-order chi connectivity index (χ1) is 13.3. The summed E-state index contributed by atoms with van der Waals surface area (Å²) in [6.07, 6.45) is 4.48. The first-order valence-electron chi connectivity index (χ1n) is 10.1. The molecule has 0 bridgehead atoms. The fraction of sp³-hybridized carbons (Fsp3) is 0.435. The molecule has 0 atom stereocenters. The zero-order valence-electron chi connectivity index (χ0n) is 16.1. The zero-order chi connectivity index (χ0) is 18.9. The van der Waals surface area contributed by atoms with Gasteiger partial charge in [-0.25, -0.2) is 0 Å². The predicted molar refractivity (Wildman–Crippen MR) is 111 cm³/mol. The van der Waals surface area contributed by atoms with Gasteiger partial charge in [0.2, 0.25) is 0 Å². The molecule has 0 saturated carbocycles. The van der Waals surface area contributed by atoms with Crippen molar-refractivity contribution in [2.24, 2.45) is 5.73 Å². The topological polar surface area (TPSA) is 49.6 Å². The van der Waals surface area contributed by atoms with Crippen molar-refractivity contribution in [3.05, 3.63) is 71.3 Å². The Bertz CT molecular complexity index is 711. The largest absolute Gasteiger partial charge is 0.339 e. The highest BCUT2D eigenvalue weighted by Gasteiger charge is 2.18. The van der Waals surface area contributed by atoms with Gasteiger partial charge in [0.1, 0.15) is 0 Å². The Morgan fingerprint density at radius 3 is 2.41 bits per heavy atom. The summed E-state index contributed by atoms with van der Waals surface area (Å²) in [7, 11) is 0. The van der Waals surface area contributed by atoms with Crippen LogP contribution < -0.4 is 5.73 Å². The van der Waals surface area contributed by atoms with E-state index < -0.39 is 0 Å². The zero-order valence-corrected chi connectivity index (χ0v) is 16.1. The number of carbonyl (C=O) groups excluding carboxylic acids is 1. The van der Waals surface area contributed by atoms with Gasteiger partial charge in [0, 0.05) is 44.8 Å². The Kier molecular flexibility index (Phi) is 7.43. The van der Waals surface area contributed by atoms with E-state index in [0.717, 1.165) is 57.5 Å². The number of carbonyl (C=O) groups is 1. The number of amides is 1. The van der Waals surface area contributed by atoms with Crippen LogP contribution in [0.3, 0.4) is 0 Å². The second kappa shape index (κ2) is 10.2. The fourth-order valence-corrected chi connectivity index (χ4v) is 3.72. The average Bonchev–Trinajstić information content (AvgIpc) is 2.73. The third-order valence-electron chi connectivity index (χ3n) is 5.23. The van der Waals surface area contributed by atoms with Crippen molar-refractivity contribution in [3.8, 4) is 0 Å². The molecule has 1 amide bonds. The van der Waals surface area contributed by atoms with Crippen LogP contribution in [0.2, 0.25) is 0 Å². The molecule has 0 radical (unpaired) electrons. The Hall–Kier alpha value is -2.17. The lowest BCUT2D eigenvalue weighted by Gasteiger charge is -2.27. The highest BCUT2D eigenvalue weighted by molar-refractivity contribution is 5.94. The van der Waals surface area contributed by atoms with Gasteiger partial charge in [-0.1, -0.05) is 42.5 Å². The lowest BCUT2D eigenvalue weighted by atomic mass is 10.1. The molecule has 4 heteroatoms. The Morgan fingerprint density at radius 2 is 1.67 bits per heavy atom. The highest BCUT2D eigenvalue weighted by Crippen LogP contribution is 2.15. The van der Waals surface area contributed by atoms with Crippen LogP contribution in [-0.2, 0) is 13.0 Å². The van der Waals surface area contributed by atoms with Crippen molar-refractivity contribution in [2.45, 2.75) is 32.2 Å². The van der Waals surface area contributed by atoms with Gasteiger partial charge < -0.3 is 10.6 Å². The first-order valence-corrected chi connectivity index (χ1v) is 10.1. The maximum atomic E-state index is 12.8. The number of nitrogens with zero attached hydrogens (tertiary/aromatic N) is 2. The molecule has 0 unspecified atom stereocenters. The number of benzene rings is 2. The molecule has 2 aromatic rings. The molecule has 27 heavy (non-hydrogen) atoms. The summed E-state index contributed by atoms with van der Waals surface area (Å²) in [5.41, 5.74) is 9.16. The molecule has 0 spiro atoms. The van der Waals surface area contributed by atoms with E-state index in [4.69, 9.17) is 5.73 Å². The number of hydrogen-bond donors (Lipinski definition) is 1. The Balaban J connectivity index is 1.62. The number of nitrogens with two attached hydrogens (primary N) is 1. The number of likely N-dealkylation sites (tertiary alicyclic amines) is 1. The van der Waals surface area contributed by atoms with E-state index in [1.165, 1.54) is 17.5 Å². The quantitative estimate of drug-likeness (QED) is 0.781. The van der Waals surface area contributed by atoms with Crippen LogP contribution >= 0.6 is 0 Å². The lowest BCUT2D eigenvalue weighted by Crippen LogP contribution is -2.35. The van der Waals surface area contributed by atoms with Crippen molar-refractivity contribution in [1.82, 2.24) is 9.80 Å². The van der Waals surface area contributed by atoms with Gasteiger partial charge in [-0.3, -0.25) is 9.69 Å². The van der Waals surface area contributed by atoms with Crippen molar-refractivity contribution < 1.29 is 4.79 Å². The molecular formula is C23H31N3O. The smallest absolute Gasteiger partial charge is 0.253 e. The van der Waals surface area contributed by atoms with Gasteiger partial charge >= 0.3 is 0 Å². The normalized spacial score (nSPS) is 14.5. The van der Waals surface area contributed by atoms with Gasteiger partial charge in [0.25, 0.3) is 5.91 Å². The summed E-state index contributed by atoms with van der Waals surface area (Å²) in [6.45, 7) is 5.06. The van der Waals surface area contributed by atoms with E-state index in [1.54, 1.807) is 0 Å². The third kappa shape index (κ3) is 5.91. The summed E-state index contributed by atoms with van der Waals surface area (Å²) >= 11 is 0. The second-order valence-electron chi connectivity index (χ2n) is 7.35. The highest BCUT2D eigenvalue weighted by atomic mass is 16.2. The molecule has 3 rings (SSSR count). The van der Waals surface area contributed by atoms with Gasteiger partial charge in [-0.15, -0.1) is 0 Å². The molecule has 2 aromatic carbocycles. The third-order valence-corrected chi connectivity index (χ3v) is 5.23. The van der Waals surface area contributed by atoms with E-state index >= 15 is 0 Å². The Morgan fingerprint density at radius 1 is 0.926 bits per heavy atom. The second-order valence-corrected chi connectivity index (χ2v) is 7.35. The summed E-state index contributed by atoms with van der Waals surface area (Å²) < 4.78 is 0. The van der Waals surface area contributed by atoms with E-state index in [1.807, 2.05) is 23.1 Å². The maximum Gasteiger partial charge on any atom is 0.253 e. The molecule has 1 heterocycles. The molecule has 1 aliphatic heterocycles. The summed E-state index contributed by atoms with van der Waals surface area (Å²) in [5.74, 6) is 0.172. The minimum absolute atomic E-state index is 0.172. The maximum absolute atomic E-state index is 12.8. The molecule has 144 valence electrons. The monoisotopic (exact) mass is 365 g/mol. The molecule has 2 N–H and O–H groups in total. The van der Waals surface area contributed by atoms with Gasteiger partial charge in [0.05, 0.1) is 0 Å². The molecule has 1 saturated heterocycles. The van der Waals surface area contributed by atoms with Crippen LogP contribution in [0.25, 0.3) is 0 Å². The van der Waals surface area contributed by atoms with E-state index in [2.05, 4.69) is 41.3 Å². The van der Waals surface area contributed by atoms with E-state index in [-0.39, 0.29) is 5.91 Å². The molecule has 0 aromatic heterocycles. The van der Waals surface area contributed by atoms with Gasteiger partial charge in [-0.2, -0.15) is 0 Å². The van der Waals surface area contributed by atoms with Crippen LogP contribution in [0.4, 0.5) is 0 Å². The summed E-state index contributed by atoms with van der Waals surface area (Å²) in [4.78, 5) is 17.1. The van der Waals surface area contributed by atoms with Crippen molar-refractivity contribution in [2.75, 3.05) is 32.7 Å². The predicted octanol–water partition coefficient (Wildman–Crippen LogP) is 3.32. The SMILES string of the molecule is NCCN(CCc1ccccc1)Cc1cccc(C(=O)N2CCCCC2)c1. The average molecular weight is 366 g/mol. The number of hydrogen-bond acceptors (Lipinski definition) is 3. The molecule has 0 aliphatic carbocycles. The van der Waals surface area contributed by atoms with Crippen molar-refractivity contribution >= 4 is 5.91 Å². The van der Waals surface area contributed by atoms with Gasteiger partial charge in [-0.05, 0) is 48.9 Å². The minimum Gasteiger partial charge on any atom is -0.339 e. The van der Waals surface area contributed by atoms with Crippen molar-refractivity contribution in [3.63, 3.8) is 0 Å². The van der Waals surface area contributed by atoms with E-state index in [9.17, 15) is 4.79 Å². The van der Waals surface area contributed by atoms with Crippen LogP contribution in [0.15, 0.2) is 54.6 Å². The minimum atomic E-state index is 0.172. The number of rotatable bonds is 8. The van der Waals surface area contributed by atoms with Crippen LogP contribution in [0, 0.1) is 0 Å². The fourth-order valence-electron chi connectivity index (χ4n) is 3.72. The van der Waals surface area contributed by atoms with Crippen LogP contribution in [0.5, 0.6) is 0 Å². The summed E-state index contributed by atoms with van der Waals surface area (Å²) in [5, 5.41) is 0. The van der Waals surface area contributed by atoms with Crippen molar-refractivity contribution in [1.29, 1.82) is 0 Å². The molecule has 1 aliphatic rings. The first kappa shape index (κ1) is 19.6. The molecular weight excluding hydrogens is 334 g/mol. The van der Waals surface area contributed by atoms with Crippen LogP contribution in [-0.4, -0.2) is 48.4 Å². The number of piperidine rings is 1. The Labute approximate surface area is 163 Å². The summed E-state index contributed by atoms with van der Waals surface area (Å²) in [6, 6.07) is 18.7. The molecule has 4 nitrogen and oxygen atoms in total. The van der Waals surface area contributed by atoms with Gasteiger partial charge in [0.15, 0.2) is 0 Å². The van der Waals surface area contributed by atoms with Crippen LogP contribution in [0.1, 0.15) is 40.7 Å². The lowest BCUT2D eigenvalue weighted by molar-refractivity contribution is 0.0724. The van der Waals surface area contributed by atoms with E-state index in [0.29, 0.717) is 6.54 Å².